The first kappa shape index (κ1) is 11.2. The minimum atomic E-state index is 0.129. The Labute approximate surface area is 98.7 Å². The Hall–Kier alpha value is -1.33. The van der Waals surface area contributed by atoms with E-state index in [1.165, 1.54) is 11.9 Å². The number of nitrogens with one attached hydrogen (secondary N) is 1. The maximum atomic E-state index is 5.95. The quantitative estimate of drug-likeness (QED) is 0.852. The van der Waals surface area contributed by atoms with Gasteiger partial charge in [-0.3, -0.25) is 5.10 Å². The lowest BCUT2D eigenvalue weighted by Gasteiger charge is -2.09. The highest BCUT2D eigenvalue weighted by molar-refractivity contribution is 7.99. The molecule has 1 heterocycles. The first-order valence-electron chi connectivity index (χ1n) is 5.18. The lowest BCUT2D eigenvalue weighted by atomic mass is 10.1. The van der Waals surface area contributed by atoms with Crippen LogP contribution >= 0.6 is 11.8 Å². The maximum absolute atomic E-state index is 5.95. The van der Waals surface area contributed by atoms with Crippen molar-refractivity contribution in [3.63, 3.8) is 0 Å². The molecule has 3 N–H and O–H groups in total. The third kappa shape index (κ3) is 2.62. The van der Waals surface area contributed by atoms with Crippen LogP contribution in [-0.2, 0) is 0 Å². The van der Waals surface area contributed by atoms with Crippen molar-refractivity contribution >= 4 is 11.8 Å². The Bertz CT molecular complexity index is 424. The third-order valence-electron chi connectivity index (χ3n) is 2.36. The summed E-state index contributed by atoms with van der Waals surface area (Å²) in [4.78, 5) is 5.19. The highest BCUT2D eigenvalue weighted by Gasteiger charge is 2.04. The van der Waals surface area contributed by atoms with Gasteiger partial charge in [0.05, 0.1) is 0 Å². The molecule has 0 saturated carbocycles. The summed E-state index contributed by atoms with van der Waals surface area (Å²) in [7, 11) is 0. The minimum absolute atomic E-state index is 0.129. The lowest BCUT2D eigenvalue weighted by Crippen LogP contribution is -2.07. The highest BCUT2D eigenvalue weighted by Crippen LogP contribution is 2.25. The van der Waals surface area contributed by atoms with Gasteiger partial charge in [0, 0.05) is 10.9 Å². The summed E-state index contributed by atoms with van der Waals surface area (Å²) in [5, 5.41) is 7.41. The predicted molar refractivity (Wildman–Crippen MR) is 64.2 cm³/mol. The fourth-order valence-electron chi connectivity index (χ4n) is 1.37. The number of nitrogens with zero attached hydrogens (tertiary/aromatic N) is 2. The SMILES string of the molecule is CCC(N)c1ccc(Sc2ncn[nH]2)cc1. The molecular formula is C11H14N4S. The summed E-state index contributed by atoms with van der Waals surface area (Å²) in [5.41, 5.74) is 7.12. The second kappa shape index (κ2) is 5.14. The van der Waals surface area contributed by atoms with Gasteiger partial charge in [-0.05, 0) is 24.1 Å². The van der Waals surface area contributed by atoms with Crippen LogP contribution in [0.25, 0.3) is 0 Å². The molecule has 5 heteroatoms. The molecule has 0 spiro atoms. The van der Waals surface area contributed by atoms with Crippen LogP contribution in [0.2, 0.25) is 0 Å². The van der Waals surface area contributed by atoms with E-state index >= 15 is 0 Å². The molecular weight excluding hydrogens is 220 g/mol. The van der Waals surface area contributed by atoms with Gasteiger partial charge in [0.25, 0.3) is 0 Å². The fraction of sp³-hybridized carbons (Fsp3) is 0.273. The van der Waals surface area contributed by atoms with Crippen molar-refractivity contribution in [2.45, 2.75) is 29.4 Å². The zero-order valence-corrected chi connectivity index (χ0v) is 9.87. The smallest absolute Gasteiger partial charge is 0.188 e. The number of hydrogen-bond donors (Lipinski definition) is 2. The molecule has 1 aromatic carbocycles. The molecule has 0 radical (unpaired) electrons. The summed E-state index contributed by atoms with van der Waals surface area (Å²) in [6.45, 7) is 2.09. The predicted octanol–water partition coefficient (Wildman–Crippen LogP) is 2.37. The van der Waals surface area contributed by atoms with Crippen LogP contribution in [-0.4, -0.2) is 15.2 Å². The van der Waals surface area contributed by atoms with Gasteiger partial charge < -0.3 is 5.73 Å². The minimum Gasteiger partial charge on any atom is -0.324 e. The van der Waals surface area contributed by atoms with Crippen molar-refractivity contribution in [3.8, 4) is 0 Å². The van der Waals surface area contributed by atoms with Crippen molar-refractivity contribution in [1.29, 1.82) is 0 Å². The van der Waals surface area contributed by atoms with Crippen molar-refractivity contribution in [2.24, 2.45) is 5.73 Å². The van der Waals surface area contributed by atoms with Crippen LogP contribution in [0.5, 0.6) is 0 Å². The van der Waals surface area contributed by atoms with Gasteiger partial charge in [0.2, 0.25) is 0 Å². The first-order valence-corrected chi connectivity index (χ1v) is 6.00. The molecule has 0 fully saturated rings. The van der Waals surface area contributed by atoms with Gasteiger partial charge in [0.1, 0.15) is 6.33 Å². The second-order valence-electron chi connectivity index (χ2n) is 3.48. The Morgan fingerprint density at radius 1 is 1.38 bits per heavy atom. The molecule has 0 aliphatic heterocycles. The summed E-state index contributed by atoms with van der Waals surface area (Å²) < 4.78 is 0. The van der Waals surface area contributed by atoms with E-state index in [0.717, 1.165) is 16.5 Å². The maximum Gasteiger partial charge on any atom is 0.188 e. The monoisotopic (exact) mass is 234 g/mol. The number of rotatable bonds is 4. The van der Waals surface area contributed by atoms with Crippen LogP contribution < -0.4 is 5.73 Å². The topological polar surface area (TPSA) is 67.6 Å². The molecule has 1 aromatic heterocycles. The summed E-state index contributed by atoms with van der Waals surface area (Å²) >= 11 is 1.55. The molecule has 0 aliphatic carbocycles. The van der Waals surface area contributed by atoms with E-state index in [0.29, 0.717) is 0 Å². The lowest BCUT2D eigenvalue weighted by molar-refractivity contribution is 0.698. The molecule has 2 aromatic rings. The molecule has 1 atom stereocenters. The first-order chi connectivity index (χ1) is 7.79. The Kier molecular flexibility index (Phi) is 3.58. The average Bonchev–Trinajstić information content (AvgIpc) is 2.82. The molecule has 2 rings (SSSR count). The van der Waals surface area contributed by atoms with E-state index in [4.69, 9.17) is 5.73 Å². The van der Waals surface area contributed by atoms with Crippen LogP contribution in [0.1, 0.15) is 24.9 Å². The van der Waals surface area contributed by atoms with Crippen molar-refractivity contribution in [1.82, 2.24) is 15.2 Å². The summed E-state index contributed by atoms with van der Waals surface area (Å²) in [6, 6.07) is 8.36. The van der Waals surface area contributed by atoms with E-state index in [9.17, 15) is 0 Å². The zero-order chi connectivity index (χ0) is 11.4. The van der Waals surface area contributed by atoms with Crippen LogP contribution in [0.15, 0.2) is 40.6 Å². The molecule has 84 valence electrons. The molecule has 0 bridgehead atoms. The number of hydrogen-bond acceptors (Lipinski definition) is 4. The number of H-pyrrole nitrogens is 1. The van der Waals surface area contributed by atoms with Gasteiger partial charge in [-0.25, -0.2) is 4.98 Å². The second-order valence-corrected chi connectivity index (χ2v) is 4.54. The van der Waals surface area contributed by atoms with Gasteiger partial charge in [0.15, 0.2) is 5.16 Å². The van der Waals surface area contributed by atoms with Crippen molar-refractivity contribution in [2.75, 3.05) is 0 Å². The molecule has 0 saturated heterocycles. The standard InChI is InChI=1S/C11H14N4S/c1-2-10(12)8-3-5-9(6-4-8)16-11-13-7-14-15-11/h3-7,10H,2,12H2,1H3,(H,13,14,15). The molecule has 0 aliphatic rings. The normalized spacial score (nSPS) is 12.6. The van der Waals surface area contributed by atoms with E-state index in [2.05, 4.69) is 46.4 Å². The van der Waals surface area contributed by atoms with Gasteiger partial charge in [-0.15, -0.1) is 0 Å². The fourth-order valence-corrected chi connectivity index (χ4v) is 2.07. The Morgan fingerprint density at radius 3 is 2.69 bits per heavy atom. The number of aromatic amines is 1. The summed E-state index contributed by atoms with van der Waals surface area (Å²) in [6.07, 6.45) is 2.46. The third-order valence-corrected chi connectivity index (χ3v) is 3.25. The average molecular weight is 234 g/mol. The Morgan fingerprint density at radius 2 is 2.12 bits per heavy atom. The van der Waals surface area contributed by atoms with Crippen molar-refractivity contribution < 1.29 is 0 Å². The highest BCUT2D eigenvalue weighted by atomic mass is 32.2. The molecule has 0 amide bonds. The number of nitrogens with two attached hydrogens (primary N) is 1. The number of aromatic nitrogens is 3. The van der Waals surface area contributed by atoms with Gasteiger partial charge in [-0.1, -0.05) is 30.8 Å². The zero-order valence-electron chi connectivity index (χ0n) is 9.05. The van der Waals surface area contributed by atoms with E-state index in [1.54, 1.807) is 11.8 Å². The van der Waals surface area contributed by atoms with E-state index in [-0.39, 0.29) is 6.04 Å². The Balaban J connectivity index is 2.07. The van der Waals surface area contributed by atoms with Crippen LogP contribution in [0.4, 0.5) is 0 Å². The molecule has 16 heavy (non-hydrogen) atoms. The van der Waals surface area contributed by atoms with Crippen molar-refractivity contribution in [3.05, 3.63) is 36.2 Å². The van der Waals surface area contributed by atoms with Crippen LogP contribution in [0, 0.1) is 0 Å². The summed E-state index contributed by atoms with van der Waals surface area (Å²) in [5.74, 6) is 0. The molecule has 4 nitrogen and oxygen atoms in total. The molecule has 1 unspecified atom stereocenters. The van der Waals surface area contributed by atoms with Gasteiger partial charge >= 0.3 is 0 Å². The van der Waals surface area contributed by atoms with Gasteiger partial charge in [-0.2, -0.15) is 5.10 Å². The number of benzene rings is 1. The van der Waals surface area contributed by atoms with E-state index in [1.807, 2.05) is 0 Å². The van der Waals surface area contributed by atoms with E-state index < -0.39 is 0 Å². The largest absolute Gasteiger partial charge is 0.324 e. The van der Waals surface area contributed by atoms with Crippen LogP contribution in [0.3, 0.4) is 0 Å².